The van der Waals surface area contributed by atoms with Crippen LogP contribution in [0.2, 0.25) is 0 Å². The first-order valence-electron chi connectivity index (χ1n) is 8.21. The van der Waals surface area contributed by atoms with Gasteiger partial charge in [-0.2, -0.15) is 0 Å². The van der Waals surface area contributed by atoms with Gasteiger partial charge in [0.1, 0.15) is 0 Å². The molecule has 0 aliphatic heterocycles. The average molecular weight is 279 g/mol. The molecule has 1 aromatic heterocycles. The van der Waals surface area contributed by atoms with Gasteiger partial charge in [0, 0.05) is 10.8 Å². The summed E-state index contributed by atoms with van der Waals surface area (Å²) in [7, 11) is 0. The average Bonchev–Trinajstić information content (AvgIpc) is 2.70. The Morgan fingerprint density at radius 1 is 0.789 bits per heavy atom. The van der Waals surface area contributed by atoms with Crippen LogP contribution >= 0.6 is 11.3 Å². The molecular weight excluding hydrogens is 250 g/mol. The van der Waals surface area contributed by atoms with Gasteiger partial charge in [0.05, 0.1) is 10.7 Å². The first-order valence-corrected chi connectivity index (χ1v) is 9.03. The molecule has 0 saturated heterocycles. The smallest absolute Gasteiger partial charge is 0.0961 e. The van der Waals surface area contributed by atoms with Crippen molar-refractivity contribution in [2.75, 3.05) is 0 Å². The lowest BCUT2D eigenvalue weighted by atomic mass is 9.93. The van der Waals surface area contributed by atoms with Crippen LogP contribution in [0.4, 0.5) is 0 Å². The van der Waals surface area contributed by atoms with Crippen LogP contribution in [0.1, 0.15) is 92.1 Å². The number of nitrogens with zero attached hydrogens (tertiary/aromatic N) is 1. The summed E-state index contributed by atoms with van der Waals surface area (Å²) in [6, 6.07) is 0. The van der Waals surface area contributed by atoms with E-state index in [1.165, 1.54) is 86.2 Å². The lowest BCUT2D eigenvalue weighted by molar-refractivity contribution is 0.466. The van der Waals surface area contributed by atoms with Gasteiger partial charge in [0.25, 0.3) is 0 Å². The number of thiazole rings is 1. The topological polar surface area (TPSA) is 12.9 Å². The third-order valence-electron chi connectivity index (χ3n) is 4.50. The largest absolute Gasteiger partial charge is 0.246 e. The molecule has 0 spiro atoms. The van der Waals surface area contributed by atoms with Gasteiger partial charge in [-0.05, 0) is 26.7 Å². The lowest BCUT2D eigenvalue weighted by Crippen LogP contribution is -2.00. The Kier molecular flexibility index (Phi) is 6.36. The van der Waals surface area contributed by atoms with E-state index in [1.807, 2.05) is 11.3 Å². The molecule has 0 amide bonds. The summed E-state index contributed by atoms with van der Waals surface area (Å²) in [5.41, 5.74) is 1.26. The summed E-state index contributed by atoms with van der Waals surface area (Å²) in [6.07, 6.45) is 15.7. The molecule has 2 heteroatoms. The maximum absolute atomic E-state index is 4.82. The standard InChI is InChI=1S/C17H29NS/c1-14-15(2)19-17(18-14)16-12-10-8-6-4-3-5-7-9-11-13-16/h16H,3-13H2,1-2H3. The van der Waals surface area contributed by atoms with Crippen LogP contribution in [0.3, 0.4) is 0 Å². The van der Waals surface area contributed by atoms with Crippen molar-refractivity contribution < 1.29 is 0 Å². The predicted molar refractivity (Wildman–Crippen MR) is 85.1 cm³/mol. The summed E-state index contributed by atoms with van der Waals surface area (Å²) in [5, 5.41) is 1.42. The molecule has 108 valence electrons. The number of rotatable bonds is 1. The highest BCUT2D eigenvalue weighted by Gasteiger charge is 2.16. The van der Waals surface area contributed by atoms with Crippen molar-refractivity contribution in [1.82, 2.24) is 4.98 Å². The SMILES string of the molecule is Cc1nc(C2CCCCCCCCCCC2)sc1C. The molecule has 0 N–H and O–H groups in total. The van der Waals surface area contributed by atoms with Crippen molar-refractivity contribution in [2.24, 2.45) is 0 Å². The first-order chi connectivity index (χ1) is 9.27. The van der Waals surface area contributed by atoms with E-state index in [2.05, 4.69) is 13.8 Å². The van der Waals surface area contributed by atoms with Crippen molar-refractivity contribution in [2.45, 2.75) is 90.4 Å². The summed E-state index contributed by atoms with van der Waals surface area (Å²) < 4.78 is 0. The van der Waals surface area contributed by atoms with Crippen LogP contribution < -0.4 is 0 Å². The second-order valence-electron chi connectivity index (χ2n) is 6.15. The molecular formula is C17H29NS. The molecule has 19 heavy (non-hydrogen) atoms. The molecule has 1 nitrogen and oxygen atoms in total. The summed E-state index contributed by atoms with van der Waals surface area (Å²) in [6.45, 7) is 4.37. The van der Waals surface area contributed by atoms with Gasteiger partial charge in [0.15, 0.2) is 0 Å². The minimum absolute atomic E-state index is 0.747. The molecule has 0 atom stereocenters. The van der Waals surface area contributed by atoms with E-state index in [4.69, 9.17) is 4.98 Å². The maximum Gasteiger partial charge on any atom is 0.0961 e. The molecule has 0 aromatic carbocycles. The van der Waals surface area contributed by atoms with Crippen LogP contribution in [-0.4, -0.2) is 4.98 Å². The van der Waals surface area contributed by atoms with Crippen molar-refractivity contribution in [3.63, 3.8) is 0 Å². The number of hydrogen-bond acceptors (Lipinski definition) is 2. The van der Waals surface area contributed by atoms with Crippen LogP contribution in [0.15, 0.2) is 0 Å². The van der Waals surface area contributed by atoms with E-state index in [0.29, 0.717) is 0 Å². The van der Waals surface area contributed by atoms with E-state index in [1.54, 1.807) is 0 Å². The number of hydrogen-bond donors (Lipinski definition) is 0. The van der Waals surface area contributed by atoms with Gasteiger partial charge in [-0.15, -0.1) is 11.3 Å². The summed E-state index contributed by atoms with van der Waals surface area (Å²) in [5.74, 6) is 0.747. The zero-order chi connectivity index (χ0) is 13.5. The third kappa shape index (κ3) is 4.91. The Morgan fingerprint density at radius 2 is 1.26 bits per heavy atom. The highest BCUT2D eigenvalue weighted by Crippen LogP contribution is 2.33. The van der Waals surface area contributed by atoms with Gasteiger partial charge in [-0.1, -0.05) is 57.8 Å². The second-order valence-corrected chi connectivity index (χ2v) is 7.38. The van der Waals surface area contributed by atoms with E-state index in [0.717, 1.165) is 5.92 Å². The summed E-state index contributed by atoms with van der Waals surface area (Å²) >= 11 is 1.95. The zero-order valence-corrected chi connectivity index (χ0v) is 13.5. The Labute approximate surface area is 122 Å². The number of aromatic nitrogens is 1. The third-order valence-corrected chi connectivity index (χ3v) is 5.73. The molecule has 0 bridgehead atoms. The Morgan fingerprint density at radius 3 is 1.68 bits per heavy atom. The fraction of sp³-hybridized carbons (Fsp3) is 0.824. The fourth-order valence-corrected chi connectivity index (χ4v) is 4.17. The first kappa shape index (κ1) is 15.0. The van der Waals surface area contributed by atoms with Crippen LogP contribution in [0.5, 0.6) is 0 Å². The monoisotopic (exact) mass is 279 g/mol. The normalized spacial score (nSPS) is 20.7. The fourth-order valence-electron chi connectivity index (χ4n) is 3.08. The van der Waals surface area contributed by atoms with Crippen molar-refractivity contribution in [1.29, 1.82) is 0 Å². The van der Waals surface area contributed by atoms with Gasteiger partial charge in [-0.25, -0.2) is 4.98 Å². The maximum atomic E-state index is 4.82. The molecule has 0 radical (unpaired) electrons. The summed E-state index contributed by atoms with van der Waals surface area (Å²) in [4.78, 5) is 6.24. The van der Waals surface area contributed by atoms with Crippen LogP contribution in [-0.2, 0) is 0 Å². The Hall–Kier alpha value is -0.370. The van der Waals surface area contributed by atoms with Gasteiger partial charge in [0.2, 0.25) is 0 Å². The highest BCUT2D eigenvalue weighted by atomic mass is 32.1. The van der Waals surface area contributed by atoms with E-state index >= 15 is 0 Å². The van der Waals surface area contributed by atoms with E-state index in [9.17, 15) is 0 Å². The molecule has 0 unspecified atom stereocenters. The molecule has 1 aromatic rings. The van der Waals surface area contributed by atoms with Crippen LogP contribution in [0.25, 0.3) is 0 Å². The molecule has 1 aliphatic rings. The molecule has 1 aliphatic carbocycles. The van der Waals surface area contributed by atoms with Crippen molar-refractivity contribution in [3.8, 4) is 0 Å². The predicted octanol–water partition coefficient (Wildman–Crippen LogP) is 6.15. The van der Waals surface area contributed by atoms with Gasteiger partial charge in [-0.3, -0.25) is 0 Å². The molecule has 1 saturated carbocycles. The molecule has 2 rings (SSSR count). The minimum atomic E-state index is 0.747. The number of aryl methyl sites for hydroxylation is 2. The zero-order valence-electron chi connectivity index (χ0n) is 12.7. The van der Waals surface area contributed by atoms with Gasteiger partial charge >= 0.3 is 0 Å². The van der Waals surface area contributed by atoms with Crippen LogP contribution in [0, 0.1) is 13.8 Å². The Balaban J connectivity index is 1.94. The highest BCUT2D eigenvalue weighted by molar-refractivity contribution is 7.11. The minimum Gasteiger partial charge on any atom is -0.246 e. The molecule has 1 heterocycles. The van der Waals surface area contributed by atoms with Gasteiger partial charge < -0.3 is 0 Å². The lowest BCUT2D eigenvalue weighted by Gasteiger charge is -2.15. The van der Waals surface area contributed by atoms with E-state index in [-0.39, 0.29) is 0 Å². The van der Waals surface area contributed by atoms with E-state index < -0.39 is 0 Å². The quantitative estimate of drug-likeness (QED) is 0.601. The van der Waals surface area contributed by atoms with Crippen molar-refractivity contribution >= 4 is 11.3 Å². The second kappa shape index (κ2) is 8.04. The molecule has 1 fully saturated rings. The van der Waals surface area contributed by atoms with Crippen molar-refractivity contribution in [3.05, 3.63) is 15.6 Å². The Bertz CT molecular complexity index is 338.